The van der Waals surface area contributed by atoms with Gasteiger partial charge in [0.1, 0.15) is 0 Å². The van der Waals surface area contributed by atoms with Crippen molar-refractivity contribution in [2.24, 2.45) is 0 Å². The lowest BCUT2D eigenvalue weighted by molar-refractivity contribution is 0.355. The molecular formula is C28H26N2O4. The quantitative estimate of drug-likeness (QED) is 0.325. The van der Waals surface area contributed by atoms with Crippen molar-refractivity contribution in [3.8, 4) is 23.0 Å². The van der Waals surface area contributed by atoms with Gasteiger partial charge in [-0.25, -0.2) is 9.97 Å². The molecule has 0 aliphatic carbocycles. The minimum atomic E-state index is 0.669. The zero-order valence-corrected chi connectivity index (χ0v) is 19.6. The summed E-state index contributed by atoms with van der Waals surface area (Å²) in [6, 6.07) is 19.3. The van der Waals surface area contributed by atoms with Gasteiger partial charge < -0.3 is 18.9 Å². The molecule has 0 saturated carbocycles. The van der Waals surface area contributed by atoms with E-state index < -0.39 is 0 Å². The summed E-state index contributed by atoms with van der Waals surface area (Å²) in [5.41, 5.74) is 5.09. The smallest absolute Gasteiger partial charge is 0.161 e. The molecule has 6 heteroatoms. The molecule has 0 fully saturated rings. The van der Waals surface area contributed by atoms with E-state index in [1.165, 1.54) is 0 Å². The number of para-hydroxylation sites is 2. The van der Waals surface area contributed by atoms with Crippen LogP contribution in [0.25, 0.3) is 35.3 Å². The zero-order chi connectivity index (χ0) is 23.9. The summed E-state index contributed by atoms with van der Waals surface area (Å²) in [4.78, 5) is 9.68. The minimum absolute atomic E-state index is 0.669. The molecule has 0 aliphatic rings. The van der Waals surface area contributed by atoms with Gasteiger partial charge in [0.15, 0.2) is 23.0 Å². The molecule has 0 amide bonds. The number of hydrogen-bond acceptors (Lipinski definition) is 6. The van der Waals surface area contributed by atoms with Crippen molar-refractivity contribution >= 4 is 35.3 Å². The molecular weight excluding hydrogens is 428 g/mol. The molecule has 0 N–H and O–H groups in total. The molecule has 4 rings (SSSR count). The summed E-state index contributed by atoms with van der Waals surface area (Å²) in [5, 5.41) is 0. The highest BCUT2D eigenvalue weighted by Gasteiger charge is 2.07. The lowest BCUT2D eigenvalue weighted by Gasteiger charge is -2.08. The first kappa shape index (κ1) is 22.9. The van der Waals surface area contributed by atoms with Gasteiger partial charge in [-0.2, -0.15) is 0 Å². The minimum Gasteiger partial charge on any atom is -0.493 e. The third kappa shape index (κ3) is 5.02. The summed E-state index contributed by atoms with van der Waals surface area (Å²) in [5.74, 6) is 2.71. The van der Waals surface area contributed by atoms with Gasteiger partial charge >= 0.3 is 0 Å². The molecule has 0 radical (unpaired) electrons. The maximum Gasteiger partial charge on any atom is 0.161 e. The van der Waals surface area contributed by atoms with Crippen molar-refractivity contribution in [3.63, 3.8) is 0 Å². The molecule has 0 aliphatic heterocycles. The lowest BCUT2D eigenvalue weighted by Crippen LogP contribution is -1.94. The fraction of sp³-hybridized carbons (Fsp3) is 0.143. The Hall–Kier alpha value is -4.32. The fourth-order valence-electron chi connectivity index (χ4n) is 3.54. The number of fused-ring (bicyclic) bond motifs is 1. The summed E-state index contributed by atoms with van der Waals surface area (Å²) >= 11 is 0. The van der Waals surface area contributed by atoms with Gasteiger partial charge in [0, 0.05) is 0 Å². The highest BCUT2D eigenvalue weighted by Crippen LogP contribution is 2.30. The first-order chi connectivity index (χ1) is 16.6. The van der Waals surface area contributed by atoms with Crippen LogP contribution in [0.2, 0.25) is 0 Å². The third-order valence-corrected chi connectivity index (χ3v) is 5.31. The van der Waals surface area contributed by atoms with E-state index in [0.29, 0.717) is 23.0 Å². The standard InChI is InChI=1S/C28H26N2O4/c1-31-25-15-11-19(17-27(25)33-3)9-13-23-24(30-22-8-6-5-7-21(22)29-23)14-10-20-12-16-26(32-2)28(18-20)34-4/h5-18H,1-4H3/b13-9-,14-10+. The van der Waals surface area contributed by atoms with E-state index in [4.69, 9.17) is 28.9 Å². The van der Waals surface area contributed by atoms with Crippen molar-refractivity contribution < 1.29 is 18.9 Å². The molecule has 0 atom stereocenters. The third-order valence-electron chi connectivity index (χ3n) is 5.31. The highest BCUT2D eigenvalue weighted by molar-refractivity contribution is 5.83. The van der Waals surface area contributed by atoms with Gasteiger partial charge in [-0.05, 0) is 59.7 Å². The Kier molecular flexibility index (Phi) is 7.08. The normalized spacial score (nSPS) is 11.3. The van der Waals surface area contributed by atoms with Gasteiger partial charge in [0.05, 0.1) is 50.9 Å². The number of nitrogens with zero attached hydrogens (tertiary/aromatic N) is 2. The summed E-state index contributed by atoms with van der Waals surface area (Å²) in [6.45, 7) is 0. The second-order valence-corrected chi connectivity index (χ2v) is 7.38. The van der Waals surface area contributed by atoms with Gasteiger partial charge in [0.2, 0.25) is 0 Å². The predicted octanol–water partition coefficient (Wildman–Crippen LogP) is 6.01. The molecule has 3 aromatic carbocycles. The van der Waals surface area contributed by atoms with Crippen LogP contribution in [-0.4, -0.2) is 38.4 Å². The van der Waals surface area contributed by atoms with Gasteiger partial charge in [0.25, 0.3) is 0 Å². The largest absolute Gasteiger partial charge is 0.493 e. The topological polar surface area (TPSA) is 62.7 Å². The second-order valence-electron chi connectivity index (χ2n) is 7.38. The molecule has 34 heavy (non-hydrogen) atoms. The molecule has 0 bridgehead atoms. The van der Waals surface area contributed by atoms with Crippen molar-refractivity contribution in [1.82, 2.24) is 9.97 Å². The number of ether oxygens (including phenoxy) is 4. The average molecular weight is 455 g/mol. The monoisotopic (exact) mass is 454 g/mol. The molecule has 0 saturated heterocycles. The fourth-order valence-corrected chi connectivity index (χ4v) is 3.54. The summed E-state index contributed by atoms with van der Waals surface area (Å²) < 4.78 is 21.5. The first-order valence-corrected chi connectivity index (χ1v) is 10.7. The Bertz CT molecular complexity index is 1260. The first-order valence-electron chi connectivity index (χ1n) is 10.7. The molecule has 172 valence electrons. The number of benzene rings is 3. The van der Waals surface area contributed by atoms with Crippen LogP contribution in [0.15, 0.2) is 60.7 Å². The Labute approximate surface area is 199 Å². The van der Waals surface area contributed by atoms with Crippen LogP contribution in [0.1, 0.15) is 22.5 Å². The zero-order valence-electron chi connectivity index (χ0n) is 19.6. The van der Waals surface area contributed by atoms with Crippen molar-refractivity contribution in [3.05, 3.63) is 83.2 Å². The number of hydrogen-bond donors (Lipinski definition) is 0. The van der Waals surface area contributed by atoms with Gasteiger partial charge in [-0.15, -0.1) is 0 Å². The number of methoxy groups -OCH3 is 4. The van der Waals surface area contributed by atoms with Crippen molar-refractivity contribution in [2.45, 2.75) is 0 Å². The van der Waals surface area contributed by atoms with E-state index >= 15 is 0 Å². The Morgan fingerprint density at radius 2 is 0.912 bits per heavy atom. The van der Waals surface area contributed by atoms with Crippen LogP contribution in [0.5, 0.6) is 23.0 Å². The predicted molar refractivity (Wildman–Crippen MR) is 136 cm³/mol. The van der Waals surface area contributed by atoms with Gasteiger partial charge in [-0.1, -0.05) is 36.4 Å². The van der Waals surface area contributed by atoms with Crippen LogP contribution in [0.4, 0.5) is 0 Å². The van der Waals surface area contributed by atoms with E-state index in [2.05, 4.69) is 0 Å². The lowest BCUT2D eigenvalue weighted by atomic mass is 10.1. The summed E-state index contributed by atoms with van der Waals surface area (Å²) in [7, 11) is 6.48. The van der Waals surface area contributed by atoms with E-state index in [9.17, 15) is 0 Å². The van der Waals surface area contributed by atoms with E-state index in [1.807, 2.05) is 85.0 Å². The van der Waals surface area contributed by atoms with Gasteiger partial charge in [-0.3, -0.25) is 0 Å². The molecule has 6 nitrogen and oxygen atoms in total. The van der Waals surface area contributed by atoms with Crippen LogP contribution in [0.3, 0.4) is 0 Å². The Morgan fingerprint density at radius 3 is 1.29 bits per heavy atom. The van der Waals surface area contributed by atoms with Crippen LogP contribution in [-0.2, 0) is 0 Å². The van der Waals surface area contributed by atoms with Crippen LogP contribution < -0.4 is 18.9 Å². The van der Waals surface area contributed by atoms with E-state index in [1.54, 1.807) is 28.4 Å². The van der Waals surface area contributed by atoms with Crippen LogP contribution in [0, 0.1) is 0 Å². The maximum absolute atomic E-state index is 5.42. The Balaban J connectivity index is 1.72. The summed E-state index contributed by atoms with van der Waals surface area (Å²) in [6.07, 6.45) is 7.87. The van der Waals surface area contributed by atoms with Crippen LogP contribution >= 0.6 is 0 Å². The maximum atomic E-state index is 5.42. The van der Waals surface area contributed by atoms with E-state index in [0.717, 1.165) is 33.5 Å². The average Bonchev–Trinajstić information content (AvgIpc) is 2.89. The van der Waals surface area contributed by atoms with Crippen molar-refractivity contribution in [1.29, 1.82) is 0 Å². The number of aromatic nitrogens is 2. The number of rotatable bonds is 8. The molecule has 4 aromatic rings. The Morgan fingerprint density at radius 1 is 0.500 bits per heavy atom. The molecule has 1 heterocycles. The molecule has 1 aromatic heterocycles. The van der Waals surface area contributed by atoms with Crippen molar-refractivity contribution in [2.75, 3.05) is 28.4 Å². The molecule has 0 unspecified atom stereocenters. The van der Waals surface area contributed by atoms with E-state index in [-0.39, 0.29) is 0 Å². The highest BCUT2D eigenvalue weighted by atomic mass is 16.5. The molecule has 0 spiro atoms. The SMILES string of the molecule is COc1ccc(/C=C\c2nc3ccccc3nc2/C=C/c2ccc(OC)c(OC)c2)cc1OC. The second kappa shape index (κ2) is 10.5.